The zero-order valence-electron chi connectivity index (χ0n) is 13.9. The molecule has 0 spiro atoms. The first-order chi connectivity index (χ1) is 10.6. The van der Waals surface area contributed by atoms with Crippen molar-refractivity contribution in [2.45, 2.75) is 20.3 Å². The van der Waals surface area contributed by atoms with Crippen LogP contribution >= 0.6 is 12.4 Å². The molecule has 0 aliphatic heterocycles. The number of furan rings is 1. The molecular weight excluding hydrogens is 316 g/mol. The van der Waals surface area contributed by atoms with Gasteiger partial charge in [0.1, 0.15) is 5.58 Å². The maximum atomic E-state index is 12.0. The normalized spacial score (nSPS) is 10.6. The number of ether oxygens (including phenoxy) is 1. The van der Waals surface area contributed by atoms with Crippen LogP contribution in [0, 0.1) is 13.8 Å². The molecule has 0 radical (unpaired) electrons. The zero-order chi connectivity index (χ0) is 15.9. The van der Waals surface area contributed by atoms with Crippen molar-refractivity contribution < 1.29 is 13.9 Å². The minimum Gasteiger partial charge on any atom is -0.464 e. The van der Waals surface area contributed by atoms with Crippen molar-refractivity contribution in [1.29, 1.82) is 0 Å². The molecule has 128 valence electrons. The van der Waals surface area contributed by atoms with Crippen molar-refractivity contribution in [1.82, 2.24) is 10.6 Å². The topological polar surface area (TPSA) is 63.5 Å². The molecule has 0 aliphatic carbocycles. The summed E-state index contributed by atoms with van der Waals surface area (Å²) in [6, 6.07) is 4.09. The van der Waals surface area contributed by atoms with E-state index in [1.54, 1.807) is 13.4 Å². The number of fused-ring (bicyclic) bond motifs is 1. The van der Waals surface area contributed by atoms with Gasteiger partial charge in [0, 0.05) is 37.7 Å². The van der Waals surface area contributed by atoms with Gasteiger partial charge in [0.25, 0.3) is 0 Å². The number of rotatable bonds is 8. The van der Waals surface area contributed by atoms with E-state index in [1.165, 1.54) is 5.56 Å². The van der Waals surface area contributed by atoms with Gasteiger partial charge >= 0.3 is 0 Å². The highest BCUT2D eigenvalue weighted by molar-refractivity contribution is 5.89. The van der Waals surface area contributed by atoms with Crippen molar-refractivity contribution in [2.24, 2.45) is 0 Å². The van der Waals surface area contributed by atoms with Gasteiger partial charge in [-0.1, -0.05) is 12.1 Å². The predicted octanol–water partition coefficient (Wildman–Crippen LogP) is 2.37. The molecule has 1 aromatic carbocycles. The number of hydrogen-bond donors (Lipinski definition) is 2. The summed E-state index contributed by atoms with van der Waals surface area (Å²) >= 11 is 0. The van der Waals surface area contributed by atoms with Gasteiger partial charge in [0.05, 0.1) is 19.3 Å². The Hall–Kier alpha value is -1.56. The molecule has 2 N–H and O–H groups in total. The van der Waals surface area contributed by atoms with Crippen LogP contribution in [0.1, 0.15) is 16.7 Å². The largest absolute Gasteiger partial charge is 0.464 e. The summed E-state index contributed by atoms with van der Waals surface area (Å²) < 4.78 is 10.6. The number of benzene rings is 1. The third-order valence-electron chi connectivity index (χ3n) is 3.80. The summed E-state index contributed by atoms with van der Waals surface area (Å²) in [4.78, 5) is 12.0. The molecule has 2 aromatic rings. The van der Waals surface area contributed by atoms with Gasteiger partial charge < -0.3 is 19.8 Å². The Kier molecular flexibility index (Phi) is 8.09. The minimum atomic E-state index is 0. The van der Waals surface area contributed by atoms with E-state index in [-0.39, 0.29) is 18.3 Å². The van der Waals surface area contributed by atoms with Crippen molar-refractivity contribution >= 4 is 29.3 Å². The van der Waals surface area contributed by atoms with E-state index in [2.05, 4.69) is 23.6 Å². The Balaban J connectivity index is 0.00000264. The standard InChI is InChI=1S/C17H24N2O3.ClH/c1-12-4-5-15-14(11-22-17(15)13(12)2)10-16(20)19-7-6-18-8-9-21-3;/h4-5,11,18H,6-10H2,1-3H3,(H,19,20);1H. The highest BCUT2D eigenvalue weighted by Crippen LogP contribution is 2.26. The van der Waals surface area contributed by atoms with Gasteiger partial charge in [-0.25, -0.2) is 0 Å². The van der Waals surface area contributed by atoms with Crippen LogP contribution in [0.2, 0.25) is 0 Å². The van der Waals surface area contributed by atoms with Crippen LogP contribution < -0.4 is 10.6 Å². The molecule has 2 rings (SSSR count). The average Bonchev–Trinajstić information content (AvgIpc) is 2.90. The molecule has 0 bridgehead atoms. The first-order valence-corrected chi connectivity index (χ1v) is 7.56. The van der Waals surface area contributed by atoms with Crippen LogP contribution in [0.5, 0.6) is 0 Å². The van der Waals surface area contributed by atoms with Crippen LogP contribution in [0.3, 0.4) is 0 Å². The molecule has 0 unspecified atom stereocenters. The van der Waals surface area contributed by atoms with E-state index in [1.807, 2.05) is 13.0 Å². The summed E-state index contributed by atoms with van der Waals surface area (Å²) in [5, 5.41) is 7.11. The molecule has 0 fully saturated rings. The Morgan fingerprint density at radius 1 is 1.22 bits per heavy atom. The molecule has 1 amide bonds. The van der Waals surface area contributed by atoms with Gasteiger partial charge in [-0.05, 0) is 25.0 Å². The molecule has 0 saturated heterocycles. The Morgan fingerprint density at radius 2 is 2.00 bits per heavy atom. The molecule has 6 heteroatoms. The van der Waals surface area contributed by atoms with Crippen LogP contribution in [-0.4, -0.2) is 39.3 Å². The lowest BCUT2D eigenvalue weighted by Gasteiger charge is -2.06. The second kappa shape index (κ2) is 9.55. The second-order valence-corrected chi connectivity index (χ2v) is 5.41. The maximum Gasteiger partial charge on any atom is 0.224 e. The lowest BCUT2D eigenvalue weighted by atomic mass is 10.0. The third-order valence-corrected chi connectivity index (χ3v) is 3.80. The van der Waals surface area contributed by atoms with Crippen molar-refractivity contribution in [3.63, 3.8) is 0 Å². The first kappa shape index (κ1) is 19.5. The summed E-state index contributed by atoms with van der Waals surface area (Å²) in [6.07, 6.45) is 2.03. The zero-order valence-corrected chi connectivity index (χ0v) is 14.7. The van der Waals surface area contributed by atoms with E-state index >= 15 is 0 Å². The van der Waals surface area contributed by atoms with E-state index in [9.17, 15) is 4.79 Å². The minimum absolute atomic E-state index is 0. The Bertz CT molecular complexity index is 640. The number of carbonyl (C=O) groups excluding carboxylic acids is 1. The fourth-order valence-electron chi connectivity index (χ4n) is 2.35. The number of methoxy groups -OCH3 is 1. The summed E-state index contributed by atoms with van der Waals surface area (Å²) in [7, 11) is 1.67. The number of halogens is 1. The number of carbonyl (C=O) groups is 1. The maximum absolute atomic E-state index is 12.0. The van der Waals surface area contributed by atoms with Crippen LogP contribution in [0.15, 0.2) is 22.8 Å². The molecule has 5 nitrogen and oxygen atoms in total. The number of nitrogens with one attached hydrogen (secondary N) is 2. The van der Waals surface area contributed by atoms with Crippen molar-refractivity contribution in [3.05, 3.63) is 35.1 Å². The first-order valence-electron chi connectivity index (χ1n) is 7.56. The smallest absolute Gasteiger partial charge is 0.224 e. The third kappa shape index (κ3) is 5.23. The fourth-order valence-corrected chi connectivity index (χ4v) is 2.35. The van der Waals surface area contributed by atoms with Crippen molar-refractivity contribution in [3.8, 4) is 0 Å². The second-order valence-electron chi connectivity index (χ2n) is 5.41. The number of hydrogen-bond acceptors (Lipinski definition) is 4. The monoisotopic (exact) mass is 340 g/mol. The highest BCUT2D eigenvalue weighted by atomic mass is 35.5. The lowest BCUT2D eigenvalue weighted by Crippen LogP contribution is -2.33. The van der Waals surface area contributed by atoms with Gasteiger partial charge in [-0.15, -0.1) is 12.4 Å². The lowest BCUT2D eigenvalue weighted by molar-refractivity contribution is -0.120. The fraction of sp³-hybridized carbons (Fsp3) is 0.471. The van der Waals surface area contributed by atoms with E-state index in [0.29, 0.717) is 19.6 Å². The number of aryl methyl sites for hydroxylation is 2. The van der Waals surface area contributed by atoms with Gasteiger partial charge in [0.15, 0.2) is 0 Å². The molecule has 0 saturated carbocycles. The summed E-state index contributed by atoms with van der Waals surface area (Å²) in [5.41, 5.74) is 4.14. The molecular formula is C17H25ClN2O3. The van der Waals surface area contributed by atoms with E-state index in [0.717, 1.165) is 35.2 Å². The molecule has 1 heterocycles. The van der Waals surface area contributed by atoms with E-state index < -0.39 is 0 Å². The highest BCUT2D eigenvalue weighted by Gasteiger charge is 2.12. The van der Waals surface area contributed by atoms with Crippen molar-refractivity contribution in [2.75, 3.05) is 33.4 Å². The Morgan fingerprint density at radius 3 is 2.74 bits per heavy atom. The van der Waals surface area contributed by atoms with Crippen LogP contribution in [0.4, 0.5) is 0 Å². The summed E-state index contributed by atoms with van der Waals surface area (Å²) in [6.45, 7) is 6.90. The molecule has 1 aromatic heterocycles. The van der Waals surface area contributed by atoms with Gasteiger partial charge in [0.2, 0.25) is 5.91 Å². The quantitative estimate of drug-likeness (QED) is 0.724. The average molecular weight is 341 g/mol. The van der Waals surface area contributed by atoms with Crippen LogP contribution in [-0.2, 0) is 16.0 Å². The van der Waals surface area contributed by atoms with Crippen LogP contribution in [0.25, 0.3) is 11.0 Å². The number of amides is 1. The summed E-state index contributed by atoms with van der Waals surface area (Å²) in [5.74, 6) is 0.00877. The Labute approximate surface area is 143 Å². The SMILES string of the molecule is COCCNCCNC(=O)Cc1coc2c(C)c(C)ccc12.Cl. The molecule has 0 atom stereocenters. The van der Waals surface area contributed by atoms with E-state index in [4.69, 9.17) is 9.15 Å². The van der Waals surface area contributed by atoms with Gasteiger partial charge in [-0.2, -0.15) is 0 Å². The van der Waals surface area contributed by atoms with Gasteiger partial charge in [-0.3, -0.25) is 4.79 Å². The molecule has 0 aliphatic rings. The predicted molar refractivity (Wildman–Crippen MR) is 94.4 cm³/mol. The molecule has 23 heavy (non-hydrogen) atoms.